The highest BCUT2D eigenvalue weighted by molar-refractivity contribution is 6.32. The minimum absolute atomic E-state index is 0.575. The third-order valence-corrected chi connectivity index (χ3v) is 3.64. The first-order chi connectivity index (χ1) is 9.85. The molecule has 2 rings (SSSR count). The van der Waals surface area contributed by atoms with Crippen LogP contribution in [0.5, 0.6) is 0 Å². The van der Waals surface area contributed by atoms with Crippen LogP contribution in [0.15, 0.2) is 15.8 Å². The van der Waals surface area contributed by atoms with Crippen LogP contribution < -0.4 is 11.2 Å². The van der Waals surface area contributed by atoms with Crippen molar-refractivity contribution in [2.45, 2.75) is 23.3 Å². The van der Waals surface area contributed by atoms with E-state index in [1.54, 1.807) is 4.98 Å². The minimum atomic E-state index is -1.90. The number of alkyl halides is 1. The fourth-order valence-electron chi connectivity index (χ4n) is 2.01. The Kier molecular flexibility index (Phi) is 4.41. The highest BCUT2D eigenvalue weighted by Gasteiger charge is 2.56. The SMILES string of the molecule is O=c1[nH]c(=O)n([C@@H]2O[C@H](CO)C(O)C2(Cl)C#CCl)cc1F. The van der Waals surface area contributed by atoms with Crippen LogP contribution in [0.4, 0.5) is 4.39 Å². The molecule has 1 aliphatic rings. The Hall–Kier alpha value is -1.37. The normalized spacial score (nSPS) is 31.8. The lowest BCUT2D eigenvalue weighted by molar-refractivity contribution is -0.0467. The standard InChI is InChI=1S/C11H9Cl2FN2O5/c12-2-1-11(13)7(18)6(4-17)21-9(11)16-3-5(14)8(19)15-10(16)20/h3,6-7,9,17-18H,4H2,(H,15,19,20)/t6-,7?,9-,11?/m1/s1. The van der Waals surface area contributed by atoms with Gasteiger partial charge in [0.05, 0.1) is 12.8 Å². The molecule has 1 fully saturated rings. The largest absolute Gasteiger partial charge is 0.394 e. The predicted molar refractivity (Wildman–Crippen MR) is 70.5 cm³/mol. The van der Waals surface area contributed by atoms with Gasteiger partial charge in [-0.2, -0.15) is 4.39 Å². The zero-order valence-electron chi connectivity index (χ0n) is 10.2. The van der Waals surface area contributed by atoms with Gasteiger partial charge in [-0.15, -0.1) is 0 Å². The molecule has 2 heterocycles. The summed E-state index contributed by atoms with van der Waals surface area (Å²) in [6.07, 6.45) is -3.55. The smallest absolute Gasteiger partial charge is 0.330 e. The number of aliphatic hydroxyl groups excluding tert-OH is 2. The van der Waals surface area contributed by atoms with Crippen molar-refractivity contribution in [3.05, 3.63) is 32.9 Å². The number of nitrogens with zero attached hydrogens (tertiary/aromatic N) is 1. The number of halogens is 3. The lowest BCUT2D eigenvalue weighted by Gasteiger charge is -2.25. The van der Waals surface area contributed by atoms with Gasteiger partial charge in [-0.1, -0.05) is 17.5 Å². The Morgan fingerprint density at radius 3 is 2.81 bits per heavy atom. The number of hydrogen-bond acceptors (Lipinski definition) is 5. The maximum Gasteiger partial charge on any atom is 0.330 e. The van der Waals surface area contributed by atoms with Crippen molar-refractivity contribution in [1.82, 2.24) is 9.55 Å². The molecule has 3 N–H and O–H groups in total. The Balaban J connectivity index is 2.60. The molecular formula is C11H9Cl2FN2O5. The number of aliphatic hydroxyl groups is 2. The second-order valence-electron chi connectivity index (χ2n) is 4.29. The van der Waals surface area contributed by atoms with E-state index in [4.69, 9.17) is 33.0 Å². The number of H-pyrrole nitrogens is 1. The van der Waals surface area contributed by atoms with Gasteiger partial charge in [0.25, 0.3) is 5.56 Å². The fraction of sp³-hybridized carbons (Fsp3) is 0.455. The molecule has 2 unspecified atom stereocenters. The number of aromatic nitrogens is 2. The van der Waals surface area contributed by atoms with Crippen molar-refractivity contribution >= 4 is 23.2 Å². The molecule has 1 aromatic rings. The molecule has 1 aromatic heterocycles. The molecule has 0 spiro atoms. The molecule has 0 aromatic carbocycles. The minimum Gasteiger partial charge on any atom is -0.394 e. The number of hydrogen-bond donors (Lipinski definition) is 3. The highest BCUT2D eigenvalue weighted by atomic mass is 35.5. The van der Waals surface area contributed by atoms with Crippen LogP contribution in [0.1, 0.15) is 6.23 Å². The van der Waals surface area contributed by atoms with Gasteiger partial charge in [-0.25, -0.2) is 4.79 Å². The molecule has 1 saturated heterocycles. The zero-order valence-corrected chi connectivity index (χ0v) is 11.7. The van der Waals surface area contributed by atoms with E-state index in [1.807, 2.05) is 5.38 Å². The van der Waals surface area contributed by atoms with Crippen molar-refractivity contribution in [2.24, 2.45) is 0 Å². The third-order valence-electron chi connectivity index (χ3n) is 3.04. The number of aromatic amines is 1. The molecule has 0 radical (unpaired) electrons. The van der Waals surface area contributed by atoms with Gasteiger partial charge in [-0.3, -0.25) is 14.3 Å². The Bertz CT molecular complexity index is 724. The van der Waals surface area contributed by atoms with Gasteiger partial charge in [-0.05, 0) is 11.6 Å². The monoisotopic (exact) mass is 338 g/mol. The van der Waals surface area contributed by atoms with Crippen LogP contribution >= 0.6 is 23.2 Å². The average molecular weight is 339 g/mol. The molecule has 0 bridgehead atoms. The zero-order chi connectivity index (χ0) is 15.8. The van der Waals surface area contributed by atoms with Gasteiger partial charge in [0.15, 0.2) is 11.1 Å². The summed E-state index contributed by atoms with van der Waals surface area (Å²) < 4.78 is 19.2. The van der Waals surface area contributed by atoms with Crippen molar-refractivity contribution in [2.75, 3.05) is 6.61 Å². The Morgan fingerprint density at radius 2 is 2.24 bits per heavy atom. The van der Waals surface area contributed by atoms with Crippen molar-refractivity contribution in [1.29, 1.82) is 0 Å². The summed E-state index contributed by atoms with van der Waals surface area (Å²) in [5, 5.41) is 21.1. The van der Waals surface area contributed by atoms with E-state index < -0.39 is 47.0 Å². The van der Waals surface area contributed by atoms with Crippen molar-refractivity contribution in [3.8, 4) is 11.3 Å². The van der Waals surface area contributed by atoms with Crippen LogP contribution in [0, 0.1) is 17.1 Å². The molecule has 4 atom stereocenters. The van der Waals surface area contributed by atoms with E-state index in [0.717, 1.165) is 0 Å². The van der Waals surface area contributed by atoms with Crippen LogP contribution in [-0.4, -0.2) is 43.5 Å². The van der Waals surface area contributed by atoms with Crippen molar-refractivity contribution in [3.63, 3.8) is 0 Å². The topological polar surface area (TPSA) is 105 Å². The van der Waals surface area contributed by atoms with Gasteiger partial charge in [0, 0.05) is 5.38 Å². The lowest BCUT2D eigenvalue weighted by Crippen LogP contribution is -2.44. The molecule has 0 amide bonds. The summed E-state index contributed by atoms with van der Waals surface area (Å²) in [5.74, 6) is 1.01. The number of rotatable bonds is 2. The van der Waals surface area contributed by atoms with E-state index in [9.17, 15) is 19.1 Å². The summed E-state index contributed by atoms with van der Waals surface area (Å²) in [6.45, 7) is -0.614. The number of nitrogens with one attached hydrogen (secondary N) is 1. The summed E-state index contributed by atoms with van der Waals surface area (Å²) in [4.78, 5) is 22.6. The van der Waals surface area contributed by atoms with Gasteiger partial charge in [0.2, 0.25) is 5.82 Å². The maximum absolute atomic E-state index is 13.4. The van der Waals surface area contributed by atoms with Crippen LogP contribution in [0.25, 0.3) is 0 Å². The quantitative estimate of drug-likeness (QED) is 0.479. The van der Waals surface area contributed by atoms with Crippen LogP contribution in [0.3, 0.4) is 0 Å². The van der Waals surface area contributed by atoms with E-state index in [0.29, 0.717) is 10.8 Å². The maximum atomic E-state index is 13.4. The molecule has 0 aliphatic carbocycles. The molecular weight excluding hydrogens is 330 g/mol. The second kappa shape index (κ2) is 5.79. The van der Waals surface area contributed by atoms with Gasteiger partial charge < -0.3 is 14.9 Å². The van der Waals surface area contributed by atoms with E-state index in [2.05, 4.69) is 5.92 Å². The van der Waals surface area contributed by atoms with E-state index in [-0.39, 0.29) is 0 Å². The molecule has 0 saturated carbocycles. The third kappa shape index (κ3) is 2.59. The summed E-state index contributed by atoms with van der Waals surface area (Å²) in [7, 11) is 0. The average Bonchev–Trinajstić information content (AvgIpc) is 2.67. The number of ether oxygens (including phenoxy) is 1. The van der Waals surface area contributed by atoms with Crippen LogP contribution in [0.2, 0.25) is 0 Å². The highest BCUT2D eigenvalue weighted by Crippen LogP contribution is 2.42. The Morgan fingerprint density at radius 1 is 1.57 bits per heavy atom. The molecule has 10 heteroatoms. The summed E-state index contributed by atoms with van der Waals surface area (Å²) in [5.41, 5.74) is -2.23. The predicted octanol–water partition coefficient (Wildman–Crippen LogP) is -0.896. The first kappa shape index (κ1) is 16.0. The summed E-state index contributed by atoms with van der Waals surface area (Å²) in [6, 6.07) is 0. The first-order valence-electron chi connectivity index (χ1n) is 5.62. The molecule has 114 valence electrons. The lowest BCUT2D eigenvalue weighted by atomic mass is 9.99. The van der Waals surface area contributed by atoms with E-state index in [1.165, 1.54) is 0 Å². The van der Waals surface area contributed by atoms with Crippen LogP contribution in [-0.2, 0) is 4.74 Å². The van der Waals surface area contributed by atoms with Crippen molar-refractivity contribution < 1.29 is 19.3 Å². The molecule has 7 nitrogen and oxygen atoms in total. The van der Waals surface area contributed by atoms with Gasteiger partial charge >= 0.3 is 5.69 Å². The second-order valence-corrected chi connectivity index (χ2v) is 5.10. The molecule has 21 heavy (non-hydrogen) atoms. The molecule has 1 aliphatic heterocycles. The summed E-state index contributed by atoms with van der Waals surface area (Å²) >= 11 is 11.4. The van der Waals surface area contributed by atoms with Gasteiger partial charge in [0.1, 0.15) is 12.2 Å². The first-order valence-corrected chi connectivity index (χ1v) is 6.37. The van der Waals surface area contributed by atoms with E-state index >= 15 is 0 Å². The Labute approximate surface area is 126 Å². The fourth-order valence-corrected chi connectivity index (χ4v) is 2.56.